The van der Waals surface area contributed by atoms with Crippen molar-refractivity contribution >= 4 is 17.9 Å². The number of halogens is 3. The van der Waals surface area contributed by atoms with Gasteiger partial charge in [0.2, 0.25) is 5.54 Å². The minimum absolute atomic E-state index is 0.263. The molecule has 1 aliphatic rings. The van der Waals surface area contributed by atoms with Crippen LogP contribution in [0.15, 0.2) is 16.7 Å². The molecule has 0 radical (unpaired) electrons. The van der Waals surface area contributed by atoms with Crippen molar-refractivity contribution in [3.63, 3.8) is 0 Å². The normalized spacial score (nSPS) is 22.6. The number of nitrogens with zero attached hydrogens (tertiary/aromatic N) is 1. The molecule has 114 valence electrons. The van der Waals surface area contributed by atoms with Crippen molar-refractivity contribution in [2.45, 2.75) is 25.2 Å². The molecule has 0 bridgehead atoms. The number of carboxylic acids is 1. The van der Waals surface area contributed by atoms with E-state index in [2.05, 4.69) is 0 Å². The van der Waals surface area contributed by atoms with Crippen molar-refractivity contribution in [2.75, 3.05) is 0 Å². The number of imide groups is 1. The second kappa shape index (κ2) is 4.50. The molecule has 21 heavy (non-hydrogen) atoms. The number of amides is 3. The number of carboxylic acid groups (broad SMARTS) is 1. The molecule has 1 aromatic rings. The average Bonchev–Trinajstić information content (AvgIpc) is 2.88. The van der Waals surface area contributed by atoms with Crippen LogP contribution in [0.1, 0.15) is 23.0 Å². The van der Waals surface area contributed by atoms with Gasteiger partial charge in [-0.15, -0.1) is 0 Å². The summed E-state index contributed by atoms with van der Waals surface area (Å²) in [4.78, 5) is 34.5. The van der Waals surface area contributed by atoms with Gasteiger partial charge in [0.25, 0.3) is 5.91 Å². The van der Waals surface area contributed by atoms with Crippen molar-refractivity contribution in [1.29, 1.82) is 0 Å². The minimum Gasteiger partial charge on any atom is -0.478 e. The Balaban J connectivity index is 2.30. The van der Waals surface area contributed by atoms with Crippen LogP contribution >= 0.6 is 0 Å². The largest absolute Gasteiger partial charge is 0.478 e. The van der Waals surface area contributed by atoms with Crippen molar-refractivity contribution in [2.24, 2.45) is 0 Å². The monoisotopic (exact) mass is 306 g/mol. The van der Waals surface area contributed by atoms with E-state index in [1.54, 1.807) is 5.32 Å². The summed E-state index contributed by atoms with van der Waals surface area (Å²) < 4.78 is 43.3. The predicted molar refractivity (Wildman–Crippen MR) is 59.2 cm³/mol. The van der Waals surface area contributed by atoms with Crippen LogP contribution in [0.2, 0.25) is 0 Å². The maximum atomic E-state index is 12.8. The van der Waals surface area contributed by atoms with Gasteiger partial charge in [0.15, 0.2) is 0 Å². The van der Waals surface area contributed by atoms with Crippen molar-refractivity contribution in [1.82, 2.24) is 10.2 Å². The molecule has 1 unspecified atom stereocenters. The highest BCUT2D eigenvalue weighted by molar-refractivity contribution is 6.07. The van der Waals surface area contributed by atoms with Crippen LogP contribution in [0, 0.1) is 0 Å². The number of carbonyl (C=O) groups is 3. The summed E-state index contributed by atoms with van der Waals surface area (Å²) >= 11 is 0. The lowest BCUT2D eigenvalue weighted by molar-refractivity contribution is -0.191. The molecule has 0 spiro atoms. The quantitative estimate of drug-likeness (QED) is 0.821. The molecular weight excluding hydrogens is 297 g/mol. The number of alkyl halides is 3. The number of hydrogen-bond donors (Lipinski definition) is 2. The topological polar surface area (TPSA) is 99.8 Å². The first kappa shape index (κ1) is 14.9. The van der Waals surface area contributed by atoms with Gasteiger partial charge in [0, 0.05) is 0 Å². The summed E-state index contributed by atoms with van der Waals surface area (Å²) in [6.07, 6.45) is -3.98. The Morgan fingerprint density at radius 2 is 2.10 bits per heavy atom. The third-order valence-corrected chi connectivity index (χ3v) is 3.12. The number of furan rings is 1. The van der Waals surface area contributed by atoms with Crippen LogP contribution < -0.4 is 5.32 Å². The molecular formula is C11H9F3N2O5. The van der Waals surface area contributed by atoms with E-state index >= 15 is 0 Å². The average molecular weight is 306 g/mol. The van der Waals surface area contributed by atoms with Crippen molar-refractivity contribution in [3.8, 4) is 0 Å². The van der Waals surface area contributed by atoms with Gasteiger partial charge in [0.1, 0.15) is 11.3 Å². The highest BCUT2D eigenvalue weighted by Gasteiger charge is 2.64. The number of aromatic carboxylic acids is 1. The lowest BCUT2D eigenvalue weighted by Crippen LogP contribution is -2.56. The van der Waals surface area contributed by atoms with Gasteiger partial charge in [-0.05, 0) is 13.0 Å². The van der Waals surface area contributed by atoms with E-state index in [-0.39, 0.29) is 16.2 Å². The van der Waals surface area contributed by atoms with Crippen LogP contribution in [0.5, 0.6) is 0 Å². The van der Waals surface area contributed by atoms with E-state index in [1.807, 2.05) is 0 Å². The molecule has 1 atom stereocenters. The molecule has 0 saturated carbocycles. The predicted octanol–water partition coefficient (Wildman–Crippen LogP) is 1.35. The zero-order chi connectivity index (χ0) is 16.0. The molecule has 0 aromatic carbocycles. The number of urea groups is 1. The van der Waals surface area contributed by atoms with Gasteiger partial charge < -0.3 is 14.8 Å². The fourth-order valence-corrected chi connectivity index (χ4v) is 1.83. The maximum Gasteiger partial charge on any atom is 0.420 e. The summed E-state index contributed by atoms with van der Waals surface area (Å²) in [6, 6.07) is -0.202. The van der Waals surface area contributed by atoms with E-state index in [1.165, 1.54) is 0 Å². The third-order valence-electron chi connectivity index (χ3n) is 3.12. The van der Waals surface area contributed by atoms with Crippen molar-refractivity contribution in [3.05, 3.63) is 23.7 Å². The van der Waals surface area contributed by atoms with Gasteiger partial charge >= 0.3 is 18.2 Å². The number of rotatable bonds is 3. The first-order valence-electron chi connectivity index (χ1n) is 5.58. The van der Waals surface area contributed by atoms with E-state index in [9.17, 15) is 27.6 Å². The molecule has 1 saturated heterocycles. The van der Waals surface area contributed by atoms with Crippen LogP contribution in [-0.4, -0.2) is 39.6 Å². The van der Waals surface area contributed by atoms with E-state index in [0.717, 1.165) is 12.3 Å². The Morgan fingerprint density at radius 1 is 1.48 bits per heavy atom. The second-order valence-corrected chi connectivity index (χ2v) is 4.51. The maximum absolute atomic E-state index is 12.8. The van der Waals surface area contributed by atoms with E-state index in [4.69, 9.17) is 9.52 Å². The number of nitrogens with one attached hydrogen (secondary N) is 1. The van der Waals surface area contributed by atoms with Gasteiger partial charge in [0.05, 0.1) is 12.8 Å². The molecule has 2 N–H and O–H groups in total. The molecule has 1 aromatic heterocycles. The molecule has 1 fully saturated rings. The first-order chi connectivity index (χ1) is 9.58. The standard InChI is InChI=1S/C11H9F3N2O5/c1-10(11(12,13)14)8(19)16(9(20)15-10)4-6-5(7(17)18)2-3-21-6/h2-3H,4H2,1H3,(H,15,20)(H,17,18). The summed E-state index contributed by atoms with van der Waals surface area (Å²) in [5.41, 5.74) is -3.38. The van der Waals surface area contributed by atoms with Crippen LogP contribution in [0.25, 0.3) is 0 Å². The molecule has 7 nitrogen and oxygen atoms in total. The smallest absolute Gasteiger partial charge is 0.420 e. The zero-order valence-electron chi connectivity index (χ0n) is 10.5. The fourth-order valence-electron chi connectivity index (χ4n) is 1.83. The van der Waals surface area contributed by atoms with Gasteiger partial charge in [-0.2, -0.15) is 13.2 Å². The molecule has 3 amide bonds. The van der Waals surface area contributed by atoms with Crippen LogP contribution in [-0.2, 0) is 11.3 Å². The molecule has 1 aliphatic heterocycles. The Kier molecular flexibility index (Phi) is 3.19. The highest BCUT2D eigenvalue weighted by atomic mass is 19.4. The Morgan fingerprint density at radius 3 is 2.57 bits per heavy atom. The minimum atomic E-state index is -4.98. The van der Waals surface area contributed by atoms with Crippen molar-refractivity contribution < 1.29 is 37.1 Å². The van der Waals surface area contributed by atoms with Gasteiger partial charge in [-0.3, -0.25) is 9.69 Å². The molecule has 2 heterocycles. The summed E-state index contributed by atoms with van der Waals surface area (Å²) in [5.74, 6) is -3.20. The van der Waals surface area contributed by atoms with E-state index < -0.39 is 36.2 Å². The third kappa shape index (κ3) is 2.22. The summed E-state index contributed by atoms with van der Waals surface area (Å²) in [5, 5.41) is 10.4. The van der Waals surface area contributed by atoms with Gasteiger partial charge in [-0.25, -0.2) is 9.59 Å². The zero-order valence-corrected chi connectivity index (χ0v) is 10.5. The Bertz CT molecular complexity index is 624. The van der Waals surface area contributed by atoms with E-state index in [0.29, 0.717) is 6.92 Å². The summed E-state index contributed by atoms with van der Waals surface area (Å²) in [7, 11) is 0. The lowest BCUT2D eigenvalue weighted by Gasteiger charge is -2.24. The Hall–Kier alpha value is -2.52. The van der Waals surface area contributed by atoms with Crippen LogP contribution in [0.4, 0.5) is 18.0 Å². The second-order valence-electron chi connectivity index (χ2n) is 4.51. The molecule has 10 heteroatoms. The van der Waals surface area contributed by atoms with Crippen LogP contribution in [0.3, 0.4) is 0 Å². The SMILES string of the molecule is CC1(C(F)(F)F)NC(=O)N(Cc2occc2C(=O)O)C1=O. The Labute approximate surface area is 115 Å². The molecule has 0 aliphatic carbocycles. The fraction of sp³-hybridized carbons (Fsp3) is 0.364. The first-order valence-corrected chi connectivity index (χ1v) is 5.58. The van der Waals surface area contributed by atoms with Gasteiger partial charge in [-0.1, -0.05) is 0 Å². The number of hydrogen-bond acceptors (Lipinski definition) is 4. The summed E-state index contributed by atoms with van der Waals surface area (Å²) in [6.45, 7) is -0.168. The number of carbonyl (C=O) groups excluding carboxylic acids is 2. The highest BCUT2D eigenvalue weighted by Crippen LogP contribution is 2.35. The molecule has 2 rings (SSSR count). The lowest BCUT2D eigenvalue weighted by atomic mass is 10.0.